The van der Waals surface area contributed by atoms with Crippen molar-refractivity contribution in [3.8, 4) is 33.4 Å². The maximum absolute atomic E-state index is 2.48. The second-order valence-corrected chi connectivity index (χ2v) is 12.5. The minimum atomic E-state index is -0.0787. The summed E-state index contributed by atoms with van der Waals surface area (Å²) in [6, 6.07) is 54.1. The molecule has 9 rings (SSSR count). The maximum atomic E-state index is 2.48. The van der Waals surface area contributed by atoms with Crippen molar-refractivity contribution in [2.45, 2.75) is 19.3 Å². The van der Waals surface area contributed by atoms with Gasteiger partial charge in [-0.15, -0.1) is 0 Å². The average Bonchev–Trinajstić information content (AvgIpc) is 3.28. The highest BCUT2D eigenvalue weighted by Crippen LogP contribution is 2.54. The normalized spacial score (nSPS) is 13.5. The molecule has 1 aliphatic rings. The van der Waals surface area contributed by atoms with Crippen LogP contribution in [-0.2, 0) is 5.41 Å². The lowest BCUT2D eigenvalue weighted by atomic mass is 9.80. The first kappa shape index (κ1) is 24.4. The van der Waals surface area contributed by atoms with Gasteiger partial charge < -0.3 is 0 Å². The molecule has 0 heterocycles. The molecule has 0 radical (unpaired) electrons. The van der Waals surface area contributed by atoms with E-state index in [4.69, 9.17) is 0 Å². The van der Waals surface area contributed by atoms with Gasteiger partial charge in [-0.3, -0.25) is 0 Å². The Bertz CT molecular complexity index is 2410. The number of benzene rings is 8. The van der Waals surface area contributed by atoms with Crippen molar-refractivity contribution in [2.24, 2.45) is 0 Å². The van der Waals surface area contributed by atoms with Crippen molar-refractivity contribution in [3.05, 3.63) is 157 Å². The molecule has 8 aromatic carbocycles. The van der Waals surface area contributed by atoms with E-state index in [1.54, 1.807) is 0 Å². The largest absolute Gasteiger partial charge is 0.0622 e. The van der Waals surface area contributed by atoms with Crippen molar-refractivity contribution in [3.63, 3.8) is 0 Å². The highest BCUT2D eigenvalue weighted by atomic mass is 14.4. The van der Waals surface area contributed by atoms with Gasteiger partial charge in [-0.2, -0.15) is 0 Å². The van der Waals surface area contributed by atoms with E-state index in [9.17, 15) is 0 Å². The molecule has 0 spiro atoms. The fraction of sp³-hybridized carbons (Fsp3) is 0.0698. The fourth-order valence-electron chi connectivity index (χ4n) is 7.76. The number of hydrogen-bond donors (Lipinski definition) is 0. The average molecular weight is 547 g/mol. The monoisotopic (exact) mass is 546 g/mol. The first-order valence-corrected chi connectivity index (χ1v) is 15.2. The van der Waals surface area contributed by atoms with Gasteiger partial charge in [-0.25, -0.2) is 0 Å². The Hall–Kier alpha value is -5.20. The molecule has 43 heavy (non-hydrogen) atoms. The van der Waals surface area contributed by atoms with Crippen molar-refractivity contribution in [2.75, 3.05) is 0 Å². The molecular formula is C43H30. The summed E-state index contributed by atoms with van der Waals surface area (Å²) in [5.74, 6) is 0. The Balaban J connectivity index is 1.40. The SMILES string of the molecule is CC1(C)c2ccccc2-c2c1cc1cc(-c3c4ccccc4cc4c3ccc3ccccc34)ccc1c2-c1ccccc1. The summed E-state index contributed by atoms with van der Waals surface area (Å²) in [7, 11) is 0. The van der Waals surface area contributed by atoms with Gasteiger partial charge in [-0.1, -0.05) is 141 Å². The van der Waals surface area contributed by atoms with Gasteiger partial charge in [0.25, 0.3) is 0 Å². The van der Waals surface area contributed by atoms with Gasteiger partial charge in [0, 0.05) is 5.41 Å². The van der Waals surface area contributed by atoms with E-state index in [2.05, 4.69) is 159 Å². The molecule has 0 heteroatoms. The molecule has 0 nitrogen and oxygen atoms in total. The van der Waals surface area contributed by atoms with E-state index in [1.165, 1.54) is 87.6 Å². The van der Waals surface area contributed by atoms with E-state index in [0.717, 1.165) is 0 Å². The third-order valence-corrected chi connectivity index (χ3v) is 9.80. The molecular weight excluding hydrogens is 516 g/mol. The van der Waals surface area contributed by atoms with E-state index in [1.807, 2.05) is 0 Å². The minimum absolute atomic E-state index is 0.0787. The predicted molar refractivity (Wildman–Crippen MR) is 185 cm³/mol. The van der Waals surface area contributed by atoms with Crippen LogP contribution in [0.25, 0.3) is 76.5 Å². The standard InChI is InChI=1S/C43H30/c1-43(2)38-19-11-10-18-36(38)42-39(43)26-31-24-30(21-22-34(31)41(42)28-13-4-3-5-14-28)40-33-17-9-7-15-29(33)25-37-32-16-8-6-12-27(32)20-23-35(37)40/h3-26H,1-2H3. The zero-order valence-electron chi connectivity index (χ0n) is 24.4. The van der Waals surface area contributed by atoms with Crippen LogP contribution in [0, 0.1) is 0 Å². The highest BCUT2D eigenvalue weighted by molar-refractivity contribution is 6.21. The topological polar surface area (TPSA) is 0 Å². The quantitative estimate of drug-likeness (QED) is 0.149. The van der Waals surface area contributed by atoms with Gasteiger partial charge in [0.05, 0.1) is 0 Å². The van der Waals surface area contributed by atoms with Gasteiger partial charge in [0.15, 0.2) is 0 Å². The number of rotatable bonds is 2. The molecule has 0 aliphatic heterocycles. The molecule has 0 N–H and O–H groups in total. The first-order valence-electron chi connectivity index (χ1n) is 15.2. The Labute approximate surface area is 251 Å². The van der Waals surface area contributed by atoms with Crippen LogP contribution in [0.15, 0.2) is 146 Å². The second kappa shape index (κ2) is 8.90. The van der Waals surface area contributed by atoms with Crippen molar-refractivity contribution < 1.29 is 0 Å². The summed E-state index contributed by atoms with van der Waals surface area (Å²) >= 11 is 0. The lowest BCUT2D eigenvalue weighted by molar-refractivity contribution is 0.661. The molecule has 0 fully saturated rings. The van der Waals surface area contributed by atoms with Crippen molar-refractivity contribution >= 4 is 43.1 Å². The Morgan fingerprint density at radius 3 is 1.88 bits per heavy atom. The van der Waals surface area contributed by atoms with E-state index in [-0.39, 0.29) is 5.41 Å². The fourth-order valence-corrected chi connectivity index (χ4v) is 7.76. The molecule has 202 valence electrons. The summed E-state index contributed by atoms with van der Waals surface area (Å²) in [5, 5.41) is 10.3. The van der Waals surface area contributed by atoms with Crippen LogP contribution < -0.4 is 0 Å². The molecule has 8 aromatic rings. The third kappa shape index (κ3) is 3.44. The molecule has 0 unspecified atom stereocenters. The summed E-state index contributed by atoms with van der Waals surface area (Å²) in [6.07, 6.45) is 0. The second-order valence-electron chi connectivity index (χ2n) is 12.5. The van der Waals surface area contributed by atoms with Crippen LogP contribution in [0.2, 0.25) is 0 Å². The summed E-state index contributed by atoms with van der Waals surface area (Å²) in [4.78, 5) is 0. The van der Waals surface area contributed by atoms with Crippen molar-refractivity contribution in [1.29, 1.82) is 0 Å². The van der Waals surface area contributed by atoms with E-state index in [0.29, 0.717) is 0 Å². The number of fused-ring (bicyclic) bond motifs is 8. The molecule has 0 saturated carbocycles. The Morgan fingerprint density at radius 2 is 1.02 bits per heavy atom. The van der Waals surface area contributed by atoms with Crippen LogP contribution >= 0.6 is 0 Å². The lowest BCUT2D eigenvalue weighted by Gasteiger charge is -2.23. The molecule has 0 atom stereocenters. The van der Waals surface area contributed by atoms with Gasteiger partial charge >= 0.3 is 0 Å². The Kier molecular flexibility index (Phi) is 5.05. The number of hydrogen-bond acceptors (Lipinski definition) is 0. The molecule has 0 amide bonds. The molecule has 0 bridgehead atoms. The van der Waals surface area contributed by atoms with Crippen LogP contribution in [0.5, 0.6) is 0 Å². The van der Waals surface area contributed by atoms with Crippen LogP contribution in [0.4, 0.5) is 0 Å². The molecule has 0 saturated heterocycles. The first-order chi connectivity index (χ1) is 21.1. The summed E-state index contributed by atoms with van der Waals surface area (Å²) < 4.78 is 0. The highest BCUT2D eigenvalue weighted by Gasteiger charge is 2.37. The predicted octanol–water partition coefficient (Wildman–Crippen LogP) is 11.9. The van der Waals surface area contributed by atoms with Gasteiger partial charge in [0.2, 0.25) is 0 Å². The summed E-state index contributed by atoms with van der Waals surface area (Å²) in [5.41, 5.74) is 10.7. The van der Waals surface area contributed by atoms with E-state index < -0.39 is 0 Å². The van der Waals surface area contributed by atoms with Gasteiger partial charge in [-0.05, 0) is 106 Å². The smallest absolute Gasteiger partial charge is 0.0159 e. The Morgan fingerprint density at radius 1 is 0.349 bits per heavy atom. The molecule has 1 aliphatic carbocycles. The zero-order valence-corrected chi connectivity index (χ0v) is 24.4. The summed E-state index contributed by atoms with van der Waals surface area (Å²) in [6.45, 7) is 4.76. The lowest BCUT2D eigenvalue weighted by Crippen LogP contribution is -2.15. The van der Waals surface area contributed by atoms with Crippen LogP contribution in [-0.4, -0.2) is 0 Å². The third-order valence-electron chi connectivity index (χ3n) is 9.80. The van der Waals surface area contributed by atoms with Crippen LogP contribution in [0.3, 0.4) is 0 Å². The minimum Gasteiger partial charge on any atom is -0.0622 e. The van der Waals surface area contributed by atoms with Gasteiger partial charge in [0.1, 0.15) is 0 Å². The van der Waals surface area contributed by atoms with E-state index >= 15 is 0 Å². The maximum Gasteiger partial charge on any atom is 0.0159 e. The molecule has 0 aromatic heterocycles. The van der Waals surface area contributed by atoms with Crippen molar-refractivity contribution in [1.82, 2.24) is 0 Å². The zero-order chi connectivity index (χ0) is 28.7. The van der Waals surface area contributed by atoms with Crippen LogP contribution in [0.1, 0.15) is 25.0 Å².